The molecule has 1 N–H and O–H groups in total. The average Bonchev–Trinajstić information content (AvgIpc) is 3.56. The Hall–Kier alpha value is -4.80. The molecule has 0 radical (unpaired) electrons. The van der Waals surface area contributed by atoms with E-state index < -0.39 is 23.4 Å². The van der Waals surface area contributed by atoms with Gasteiger partial charge in [0.2, 0.25) is 18.6 Å². The summed E-state index contributed by atoms with van der Waals surface area (Å²) in [5.41, 5.74) is 1.70. The standard InChI is InChI=1S/C29H31N5O6/c1-29(2,3)30-28(36)27(18-12-20(37-4)15-21(13-18)38-5)34(19-10-11-24-25(14-19)40-17-39-24)26(35)16-33-23-9-7-6-8-22(23)31-32-33/h6-15,27H,16-17H2,1-5H3,(H,30,36)/t27-/m1/s1. The van der Waals surface area contributed by atoms with Gasteiger partial charge in [-0.05, 0) is 62.7 Å². The normalized spacial score (nSPS) is 13.1. The van der Waals surface area contributed by atoms with Gasteiger partial charge in [0.1, 0.15) is 29.6 Å². The van der Waals surface area contributed by atoms with Gasteiger partial charge in [-0.15, -0.1) is 5.10 Å². The monoisotopic (exact) mass is 545 g/mol. The Balaban J connectivity index is 1.66. The number of benzene rings is 3. The summed E-state index contributed by atoms with van der Waals surface area (Å²) >= 11 is 0. The zero-order chi connectivity index (χ0) is 28.4. The van der Waals surface area contributed by atoms with E-state index in [1.165, 1.54) is 23.8 Å². The number of fused-ring (bicyclic) bond motifs is 2. The van der Waals surface area contributed by atoms with Gasteiger partial charge in [0.05, 0.1) is 19.7 Å². The van der Waals surface area contributed by atoms with Crippen LogP contribution in [0.5, 0.6) is 23.0 Å². The quantitative estimate of drug-likeness (QED) is 0.355. The summed E-state index contributed by atoms with van der Waals surface area (Å²) in [5, 5.41) is 11.4. The molecule has 0 saturated carbocycles. The molecular weight excluding hydrogens is 514 g/mol. The zero-order valence-corrected chi connectivity index (χ0v) is 23.0. The first-order chi connectivity index (χ1) is 19.2. The number of hydrogen-bond acceptors (Lipinski definition) is 8. The Labute approximate surface area is 231 Å². The third-order valence-corrected chi connectivity index (χ3v) is 6.30. The lowest BCUT2D eigenvalue weighted by Crippen LogP contribution is -2.50. The van der Waals surface area contributed by atoms with Gasteiger partial charge in [-0.2, -0.15) is 0 Å². The third-order valence-electron chi connectivity index (χ3n) is 6.30. The Morgan fingerprint density at radius 3 is 2.40 bits per heavy atom. The molecule has 0 aliphatic carbocycles. The molecule has 1 aliphatic heterocycles. The van der Waals surface area contributed by atoms with Crippen LogP contribution < -0.4 is 29.2 Å². The first-order valence-electron chi connectivity index (χ1n) is 12.7. The molecule has 3 aromatic carbocycles. The fourth-order valence-corrected chi connectivity index (χ4v) is 4.55. The summed E-state index contributed by atoms with van der Waals surface area (Å²) in [6.07, 6.45) is 0. The molecule has 4 aromatic rings. The Morgan fingerprint density at radius 1 is 1.00 bits per heavy atom. The minimum atomic E-state index is -1.11. The van der Waals surface area contributed by atoms with Crippen molar-refractivity contribution in [1.82, 2.24) is 20.3 Å². The molecule has 5 rings (SSSR count). The molecule has 0 bridgehead atoms. The van der Waals surface area contributed by atoms with Crippen molar-refractivity contribution in [3.63, 3.8) is 0 Å². The van der Waals surface area contributed by atoms with Crippen molar-refractivity contribution in [2.75, 3.05) is 25.9 Å². The van der Waals surface area contributed by atoms with Gasteiger partial charge in [-0.25, -0.2) is 4.68 Å². The predicted molar refractivity (Wildman–Crippen MR) is 148 cm³/mol. The largest absolute Gasteiger partial charge is 0.497 e. The molecule has 0 saturated heterocycles. The second-order valence-electron chi connectivity index (χ2n) is 10.3. The van der Waals surface area contributed by atoms with Crippen LogP contribution in [0.4, 0.5) is 5.69 Å². The van der Waals surface area contributed by atoms with Crippen LogP contribution in [0.25, 0.3) is 11.0 Å². The van der Waals surface area contributed by atoms with Gasteiger partial charge >= 0.3 is 0 Å². The highest BCUT2D eigenvalue weighted by molar-refractivity contribution is 6.02. The summed E-state index contributed by atoms with van der Waals surface area (Å²) in [4.78, 5) is 29.8. The van der Waals surface area contributed by atoms with Crippen LogP contribution in [0.2, 0.25) is 0 Å². The second-order valence-corrected chi connectivity index (χ2v) is 10.3. The molecule has 1 aliphatic rings. The molecule has 2 heterocycles. The minimum absolute atomic E-state index is 0.0682. The number of anilines is 1. The van der Waals surface area contributed by atoms with Crippen LogP contribution in [0.3, 0.4) is 0 Å². The first kappa shape index (κ1) is 26.8. The fraction of sp³-hybridized carbons (Fsp3) is 0.310. The van der Waals surface area contributed by atoms with E-state index in [-0.39, 0.29) is 13.3 Å². The van der Waals surface area contributed by atoms with Crippen LogP contribution >= 0.6 is 0 Å². The number of methoxy groups -OCH3 is 2. The van der Waals surface area contributed by atoms with E-state index >= 15 is 0 Å². The topological polar surface area (TPSA) is 117 Å². The van der Waals surface area contributed by atoms with Gasteiger partial charge in [-0.3, -0.25) is 14.5 Å². The molecule has 2 amide bonds. The van der Waals surface area contributed by atoms with E-state index in [2.05, 4.69) is 15.6 Å². The highest BCUT2D eigenvalue weighted by atomic mass is 16.7. The number of ether oxygens (including phenoxy) is 4. The molecule has 11 nitrogen and oxygen atoms in total. The van der Waals surface area contributed by atoms with Crippen molar-refractivity contribution in [3.05, 3.63) is 66.2 Å². The van der Waals surface area contributed by atoms with Crippen molar-refractivity contribution < 1.29 is 28.5 Å². The average molecular weight is 546 g/mol. The second kappa shape index (κ2) is 10.8. The number of rotatable bonds is 8. The van der Waals surface area contributed by atoms with Gasteiger partial charge in [0.15, 0.2) is 11.5 Å². The number of nitrogens with one attached hydrogen (secondary N) is 1. The van der Waals surface area contributed by atoms with Crippen LogP contribution in [0.1, 0.15) is 32.4 Å². The van der Waals surface area contributed by atoms with Gasteiger partial charge in [0, 0.05) is 23.4 Å². The van der Waals surface area contributed by atoms with Crippen LogP contribution in [0, 0.1) is 0 Å². The van der Waals surface area contributed by atoms with Crippen molar-refractivity contribution in [2.45, 2.75) is 38.9 Å². The van der Waals surface area contributed by atoms with E-state index in [1.54, 1.807) is 36.4 Å². The van der Waals surface area contributed by atoms with Crippen molar-refractivity contribution in [3.8, 4) is 23.0 Å². The van der Waals surface area contributed by atoms with Crippen molar-refractivity contribution >= 4 is 28.5 Å². The SMILES string of the molecule is COc1cc(OC)cc([C@H](C(=O)NC(C)(C)C)N(C(=O)Cn2nnc3ccccc32)c2ccc3c(c2)OCO3)c1. The molecular formula is C29H31N5O6. The van der Waals surface area contributed by atoms with E-state index in [0.717, 1.165) is 0 Å². The van der Waals surface area contributed by atoms with E-state index in [1.807, 2.05) is 45.0 Å². The summed E-state index contributed by atoms with van der Waals surface area (Å²) in [6.45, 7) is 5.53. The summed E-state index contributed by atoms with van der Waals surface area (Å²) in [6, 6.07) is 16.5. The van der Waals surface area contributed by atoms with Crippen molar-refractivity contribution in [1.29, 1.82) is 0 Å². The zero-order valence-electron chi connectivity index (χ0n) is 23.0. The highest BCUT2D eigenvalue weighted by Gasteiger charge is 2.36. The lowest BCUT2D eigenvalue weighted by Gasteiger charge is -2.34. The fourth-order valence-electron chi connectivity index (χ4n) is 4.55. The number of amides is 2. The molecule has 40 heavy (non-hydrogen) atoms. The minimum Gasteiger partial charge on any atom is -0.497 e. The van der Waals surface area contributed by atoms with E-state index in [4.69, 9.17) is 18.9 Å². The predicted octanol–water partition coefficient (Wildman–Crippen LogP) is 3.87. The van der Waals surface area contributed by atoms with E-state index in [0.29, 0.717) is 45.3 Å². The number of nitrogens with zero attached hydrogens (tertiary/aromatic N) is 4. The lowest BCUT2D eigenvalue weighted by atomic mass is 10.00. The third kappa shape index (κ3) is 5.49. The number of aromatic nitrogens is 3. The summed E-state index contributed by atoms with van der Waals surface area (Å²) in [7, 11) is 3.05. The lowest BCUT2D eigenvalue weighted by molar-refractivity contribution is -0.128. The van der Waals surface area contributed by atoms with Gasteiger partial charge < -0.3 is 24.3 Å². The molecule has 0 unspecified atom stereocenters. The summed E-state index contributed by atoms with van der Waals surface area (Å²) in [5.74, 6) is 1.19. The number of carbonyl (C=O) groups is 2. The Morgan fingerprint density at radius 2 is 1.70 bits per heavy atom. The highest BCUT2D eigenvalue weighted by Crippen LogP contribution is 2.39. The summed E-state index contributed by atoms with van der Waals surface area (Å²) < 4.78 is 23.6. The molecule has 0 spiro atoms. The van der Waals surface area contributed by atoms with Crippen LogP contribution in [-0.2, 0) is 16.1 Å². The molecule has 1 atom stereocenters. The smallest absolute Gasteiger partial charge is 0.249 e. The van der Waals surface area contributed by atoms with Crippen molar-refractivity contribution in [2.24, 2.45) is 0 Å². The molecule has 208 valence electrons. The maximum atomic E-state index is 14.3. The maximum absolute atomic E-state index is 14.3. The molecule has 1 aromatic heterocycles. The molecule has 11 heteroatoms. The maximum Gasteiger partial charge on any atom is 0.249 e. The first-order valence-corrected chi connectivity index (χ1v) is 12.7. The van der Waals surface area contributed by atoms with E-state index in [9.17, 15) is 9.59 Å². The number of carbonyl (C=O) groups excluding carboxylic acids is 2. The Bertz CT molecular complexity index is 1540. The molecule has 0 fully saturated rings. The van der Waals surface area contributed by atoms with Gasteiger partial charge in [0.25, 0.3) is 0 Å². The van der Waals surface area contributed by atoms with Crippen LogP contribution in [-0.4, -0.2) is 53.4 Å². The van der Waals surface area contributed by atoms with Gasteiger partial charge in [-0.1, -0.05) is 17.3 Å². The number of para-hydroxylation sites is 1. The van der Waals surface area contributed by atoms with Crippen LogP contribution in [0.15, 0.2) is 60.7 Å². The number of hydrogen-bond donors (Lipinski definition) is 1. The Kier molecular flexibility index (Phi) is 7.20.